The molecule has 1 aliphatic carbocycles. The van der Waals surface area contributed by atoms with E-state index in [9.17, 15) is 0 Å². The molecular formula is C14H29NO3. The lowest BCUT2D eigenvalue weighted by atomic mass is 10.1. The van der Waals surface area contributed by atoms with Gasteiger partial charge in [-0.25, -0.2) is 0 Å². The molecule has 1 saturated carbocycles. The normalized spacial score (nSPS) is 25.3. The minimum Gasteiger partial charge on any atom is -0.376 e. The SMILES string of the molecule is CCOC(CCOC1CCCCCC1N)OCC. The van der Waals surface area contributed by atoms with Crippen molar-refractivity contribution in [1.82, 2.24) is 0 Å². The zero-order valence-electron chi connectivity index (χ0n) is 11.9. The molecule has 108 valence electrons. The van der Waals surface area contributed by atoms with Gasteiger partial charge in [-0.2, -0.15) is 0 Å². The molecule has 0 aromatic carbocycles. The standard InChI is InChI=1S/C14H29NO3/c1-3-16-14(17-4-2)10-11-18-13-9-7-5-6-8-12(13)15/h12-14H,3-11,15H2,1-2H3. The fourth-order valence-corrected chi connectivity index (χ4v) is 2.41. The van der Waals surface area contributed by atoms with Crippen molar-refractivity contribution in [3.05, 3.63) is 0 Å². The van der Waals surface area contributed by atoms with Crippen LogP contribution in [0.2, 0.25) is 0 Å². The molecule has 4 nitrogen and oxygen atoms in total. The second kappa shape index (κ2) is 9.73. The highest BCUT2D eigenvalue weighted by atomic mass is 16.7. The van der Waals surface area contributed by atoms with Gasteiger partial charge >= 0.3 is 0 Å². The van der Waals surface area contributed by atoms with Crippen LogP contribution < -0.4 is 5.73 Å². The summed E-state index contributed by atoms with van der Waals surface area (Å²) in [7, 11) is 0. The summed E-state index contributed by atoms with van der Waals surface area (Å²) in [5.74, 6) is 0. The van der Waals surface area contributed by atoms with E-state index in [1.807, 2.05) is 13.8 Å². The Morgan fingerprint density at radius 2 is 1.72 bits per heavy atom. The molecule has 0 saturated heterocycles. The Bertz CT molecular complexity index is 195. The van der Waals surface area contributed by atoms with Crippen molar-refractivity contribution in [2.75, 3.05) is 19.8 Å². The van der Waals surface area contributed by atoms with E-state index in [-0.39, 0.29) is 18.4 Å². The van der Waals surface area contributed by atoms with Crippen molar-refractivity contribution < 1.29 is 14.2 Å². The summed E-state index contributed by atoms with van der Waals surface area (Å²) in [6.07, 6.45) is 6.80. The first-order chi connectivity index (χ1) is 8.77. The second-order valence-corrected chi connectivity index (χ2v) is 4.84. The zero-order chi connectivity index (χ0) is 13.2. The van der Waals surface area contributed by atoms with Crippen molar-refractivity contribution in [1.29, 1.82) is 0 Å². The third kappa shape index (κ3) is 6.14. The lowest BCUT2D eigenvalue weighted by Crippen LogP contribution is -2.36. The zero-order valence-corrected chi connectivity index (χ0v) is 11.9. The topological polar surface area (TPSA) is 53.7 Å². The van der Waals surface area contributed by atoms with E-state index >= 15 is 0 Å². The van der Waals surface area contributed by atoms with E-state index in [2.05, 4.69) is 0 Å². The summed E-state index contributed by atoms with van der Waals surface area (Å²) in [6, 6.07) is 0.199. The minimum atomic E-state index is -0.137. The highest BCUT2D eigenvalue weighted by Gasteiger charge is 2.21. The number of hydrogen-bond acceptors (Lipinski definition) is 4. The van der Waals surface area contributed by atoms with E-state index in [1.165, 1.54) is 19.3 Å². The average Bonchev–Trinajstić information content (AvgIpc) is 2.55. The molecule has 0 heterocycles. The average molecular weight is 259 g/mol. The largest absolute Gasteiger partial charge is 0.376 e. The fraction of sp³-hybridized carbons (Fsp3) is 1.00. The summed E-state index contributed by atoms with van der Waals surface area (Å²) in [4.78, 5) is 0. The van der Waals surface area contributed by atoms with Gasteiger partial charge in [-0.05, 0) is 26.7 Å². The molecule has 1 fully saturated rings. The van der Waals surface area contributed by atoms with Crippen molar-refractivity contribution in [2.45, 2.75) is 70.8 Å². The summed E-state index contributed by atoms with van der Waals surface area (Å²) in [6.45, 7) is 5.98. The van der Waals surface area contributed by atoms with E-state index in [0.717, 1.165) is 19.3 Å². The molecule has 2 unspecified atom stereocenters. The van der Waals surface area contributed by atoms with Gasteiger partial charge in [0.05, 0.1) is 12.7 Å². The summed E-state index contributed by atoms with van der Waals surface area (Å²) in [5.41, 5.74) is 6.13. The Balaban J connectivity index is 2.21. The van der Waals surface area contributed by atoms with Crippen LogP contribution in [0.1, 0.15) is 52.4 Å². The van der Waals surface area contributed by atoms with Crippen LogP contribution >= 0.6 is 0 Å². The maximum Gasteiger partial charge on any atom is 0.159 e. The fourth-order valence-electron chi connectivity index (χ4n) is 2.41. The van der Waals surface area contributed by atoms with E-state index in [1.54, 1.807) is 0 Å². The van der Waals surface area contributed by atoms with Crippen LogP contribution in [-0.2, 0) is 14.2 Å². The van der Waals surface area contributed by atoms with Crippen molar-refractivity contribution in [2.24, 2.45) is 5.73 Å². The molecule has 1 aliphatic rings. The first-order valence-corrected chi connectivity index (χ1v) is 7.38. The monoisotopic (exact) mass is 259 g/mol. The second-order valence-electron chi connectivity index (χ2n) is 4.84. The van der Waals surface area contributed by atoms with Crippen LogP contribution in [0.3, 0.4) is 0 Å². The molecule has 1 rings (SSSR count). The molecule has 0 aromatic rings. The molecule has 0 spiro atoms. The number of nitrogens with two attached hydrogens (primary N) is 1. The van der Waals surface area contributed by atoms with Crippen molar-refractivity contribution in [3.63, 3.8) is 0 Å². The molecule has 0 amide bonds. The van der Waals surface area contributed by atoms with Gasteiger partial charge in [0.25, 0.3) is 0 Å². The third-order valence-corrected chi connectivity index (χ3v) is 3.39. The maximum atomic E-state index is 6.13. The Morgan fingerprint density at radius 1 is 1.06 bits per heavy atom. The Morgan fingerprint density at radius 3 is 2.39 bits per heavy atom. The predicted molar refractivity (Wildman–Crippen MR) is 72.5 cm³/mol. The first kappa shape index (κ1) is 15.9. The number of rotatable bonds is 8. The number of hydrogen-bond donors (Lipinski definition) is 1. The highest BCUT2D eigenvalue weighted by molar-refractivity contribution is 4.76. The van der Waals surface area contributed by atoms with Gasteiger partial charge in [0, 0.05) is 25.7 Å². The van der Waals surface area contributed by atoms with Crippen LogP contribution in [0.15, 0.2) is 0 Å². The lowest BCUT2D eigenvalue weighted by molar-refractivity contribution is -0.150. The smallest absolute Gasteiger partial charge is 0.159 e. The molecule has 2 atom stereocenters. The van der Waals surface area contributed by atoms with E-state index in [4.69, 9.17) is 19.9 Å². The van der Waals surface area contributed by atoms with Crippen molar-refractivity contribution >= 4 is 0 Å². The minimum absolute atomic E-state index is 0.137. The molecule has 0 bridgehead atoms. The highest BCUT2D eigenvalue weighted by Crippen LogP contribution is 2.19. The summed E-state index contributed by atoms with van der Waals surface area (Å²) in [5, 5.41) is 0. The molecule has 0 aliphatic heterocycles. The number of ether oxygens (including phenoxy) is 3. The van der Waals surface area contributed by atoms with Gasteiger partial charge in [-0.1, -0.05) is 19.3 Å². The summed E-state index contributed by atoms with van der Waals surface area (Å²) < 4.78 is 16.9. The molecule has 4 heteroatoms. The van der Waals surface area contributed by atoms with Gasteiger partial charge in [0.1, 0.15) is 0 Å². The van der Waals surface area contributed by atoms with E-state index < -0.39 is 0 Å². The Kier molecular flexibility index (Phi) is 8.59. The molecule has 2 N–H and O–H groups in total. The van der Waals surface area contributed by atoms with E-state index in [0.29, 0.717) is 19.8 Å². The molecule has 0 aromatic heterocycles. The predicted octanol–water partition coefficient (Wildman–Crippen LogP) is 2.45. The molecule has 18 heavy (non-hydrogen) atoms. The van der Waals surface area contributed by atoms with Crippen LogP contribution in [-0.4, -0.2) is 38.3 Å². The molecule has 0 radical (unpaired) electrons. The maximum absolute atomic E-state index is 6.13. The summed E-state index contributed by atoms with van der Waals surface area (Å²) >= 11 is 0. The van der Waals surface area contributed by atoms with Crippen LogP contribution in [0.5, 0.6) is 0 Å². The van der Waals surface area contributed by atoms with Gasteiger partial charge in [-0.3, -0.25) is 0 Å². The first-order valence-electron chi connectivity index (χ1n) is 7.38. The lowest BCUT2D eigenvalue weighted by Gasteiger charge is -2.23. The van der Waals surface area contributed by atoms with Gasteiger partial charge in [0.2, 0.25) is 0 Å². The van der Waals surface area contributed by atoms with Gasteiger partial charge < -0.3 is 19.9 Å². The Labute approximate surface area is 111 Å². The Hall–Kier alpha value is -0.160. The molecular weight excluding hydrogens is 230 g/mol. The van der Waals surface area contributed by atoms with Gasteiger partial charge in [0.15, 0.2) is 6.29 Å². The van der Waals surface area contributed by atoms with Crippen LogP contribution in [0, 0.1) is 0 Å². The van der Waals surface area contributed by atoms with Crippen LogP contribution in [0.4, 0.5) is 0 Å². The quantitative estimate of drug-likeness (QED) is 0.537. The van der Waals surface area contributed by atoms with Crippen LogP contribution in [0.25, 0.3) is 0 Å². The third-order valence-electron chi connectivity index (χ3n) is 3.39. The van der Waals surface area contributed by atoms with Crippen molar-refractivity contribution in [3.8, 4) is 0 Å². The van der Waals surface area contributed by atoms with Gasteiger partial charge in [-0.15, -0.1) is 0 Å².